The van der Waals surface area contributed by atoms with Gasteiger partial charge in [-0.05, 0) is 7.05 Å². The first kappa shape index (κ1) is 50.2. The summed E-state index contributed by atoms with van der Waals surface area (Å²) in [4.78, 5) is 7.89. The van der Waals surface area contributed by atoms with Crippen molar-refractivity contribution < 1.29 is 77.9 Å². The van der Waals surface area contributed by atoms with Crippen molar-refractivity contribution in [2.45, 2.75) is 13.0 Å². The lowest BCUT2D eigenvalue weighted by atomic mass is 10.2. The zero-order valence-electron chi connectivity index (χ0n) is 13.0. The molecule has 3 nitrogen and oxygen atoms in total. The van der Waals surface area contributed by atoms with Gasteiger partial charge >= 0.3 is 0 Å². The number of hydrogen-bond donors (Lipinski definition) is 1. The van der Waals surface area contributed by atoms with Gasteiger partial charge in [0, 0.05) is 97.6 Å². The molecule has 0 unspecified atom stereocenters. The highest BCUT2D eigenvalue weighted by Gasteiger charge is 2.16. The Morgan fingerprint density at radius 3 is 1.39 bits per heavy atom. The topological polar surface area (TPSA) is 42.2 Å². The number of anilines is 1. The van der Waals surface area contributed by atoms with Crippen LogP contribution >= 0.6 is 11.3 Å². The zero-order chi connectivity index (χ0) is 23.8. The number of hydrogen-bond acceptors (Lipinski definition) is 4. The smallest absolute Gasteiger partial charge is 0.180 e. The molecule has 0 radical (unpaired) electrons. The Bertz CT molecular complexity index is 296. The van der Waals surface area contributed by atoms with Crippen molar-refractivity contribution in [1.82, 2.24) is 9.88 Å². The van der Waals surface area contributed by atoms with Crippen LogP contribution in [0, 0.1) is 0 Å². The summed E-state index contributed by atoms with van der Waals surface area (Å²) >= 11 is 1.62. The largest absolute Gasteiger partial charge is 0.375 e. The Labute approximate surface area is 148 Å². The van der Waals surface area contributed by atoms with Gasteiger partial charge in [0.15, 0.2) is 5.13 Å². The molecular formula is C7H12F17N3S. The number of halogens is 17. The van der Waals surface area contributed by atoms with Crippen molar-refractivity contribution >= 4 is 16.5 Å². The maximum Gasteiger partial charge on any atom is 0.180 e. The second kappa shape index (κ2) is 63.9. The van der Waals surface area contributed by atoms with Gasteiger partial charge in [0.1, 0.15) is 0 Å². The van der Waals surface area contributed by atoms with Crippen molar-refractivity contribution in [3.63, 3.8) is 0 Å². The van der Waals surface area contributed by atoms with Gasteiger partial charge in [-0.2, -0.15) is 0 Å². The molecule has 0 fully saturated rings. The molecule has 1 aliphatic rings. The molecule has 180 valence electrons. The van der Waals surface area contributed by atoms with Gasteiger partial charge in [0.25, 0.3) is 0 Å². The number of nitrogens with zero attached hydrogens (tertiary/aromatic N) is 2. The summed E-state index contributed by atoms with van der Waals surface area (Å²) in [7, 11) is 2.12. The quantitative estimate of drug-likeness (QED) is 0.379. The van der Waals surface area contributed by atoms with Crippen LogP contribution in [0.3, 0.4) is 0 Å². The first-order chi connectivity index (χ1) is 13.3. The van der Waals surface area contributed by atoms with Gasteiger partial charge in [-0.15, -0.1) is 11.3 Å². The van der Waals surface area contributed by atoms with Crippen LogP contribution in [0.5, 0.6) is 0 Å². The fourth-order valence-electron chi connectivity index (χ4n) is 1.34. The van der Waals surface area contributed by atoms with Gasteiger partial charge in [0.2, 0.25) is 0 Å². The molecule has 0 saturated carbocycles. The van der Waals surface area contributed by atoms with Gasteiger partial charge in [-0.25, -0.2) is 4.98 Å². The third-order valence-electron chi connectivity index (χ3n) is 1.94. The minimum atomic E-state index is 0. The number of nitrogens with two attached hydrogens (primary N) is 1. The van der Waals surface area contributed by atoms with Crippen molar-refractivity contribution in [2.75, 3.05) is 19.3 Å². The molecule has 0 aliphatic carbocycles. The Morgan fingerprint density at radius 2 is 1.07 bits per heavy atom. The second-order valence-corrected chi connectivity index (χ2v) is 4.02. The van der Waals surface area contributed by atoms with E-state index < -0.39 is 0 Å². The molecule has 0 aromatic carbocycles. The van der Waals surface area contributed by atoms with E-state index in [4.69, 9.17) is 78.9 Å². The number of fused-ring (bicyclic) bond motifs is 1. The number of aromatic nitrogens is 1. The highest BCUT2D eigenvalue weighted by molar-refractivity contribution is 7.15. The van der Waals surface area contributed by atoms with Crippen molar-refractivity contribution in [1.29, 1.82) is 0 Å². The Kier molecular flexibility index (Phi) is 115. The lowest BCUT2D eigenvalue weighted by Gasteiger charge is -2.20. The van der Waals surface area contributed by atoms with E-state index in [1.165, 1.54) is 10.6 Å². The minimum Gasteiger partial charge on any atom is -0.375 e. The molecule has 1 aliphatic heterocycles. The molecule has 0 saturated heterocycles. The first-order valence-electron chi connectivity index (χ1n) is 4.82. The van der Waals surface area contributed by atoms with Crippen LogP contribution in [0.25, 0.3) is 0 Å². The van der Waals surface area contributed by atoms with E-state index in [0.717, 1.165) is 19.5 Å². The van der Waals surface area contributed by atoms with E-state index >= 15 is 0 Å². The maximum atomic E-state index is 8.00. The van der Waals surface area contributed by atoms with Crippen LogP contribution in [0.15, 0.2) is 0 Å². The maximum absolute atomic E-state index is 8.00. The number of rotatable bonds is 0. The number of likely N-dealkylation sites (N-methyl/N-ethyl adjacent to an activating group) is 1. The van der Waals surface area contributed by atoms with Crippen LogP contribution in [0.1, 0.15) is 10.6 Å². The fraction of sp³-hybridized carbons (Fsp3) is 0.571. The van der Waals surface area contributed by atoms with Gasteiger partial charge in [-0.3, -0.25) is 4.70 Å². The third-order valence-corrected chi connectivity index (χ3v) is 2.85. The summed E-state index contributed by atoms with van der Waals surface area (Å²) in [5, 5.41) is 0.713. The van der Waals surface area contributed by atoms with Crippen LogP contribution in [-0.4, -0.2) is 23.5 Å². The Morgan fingerprint density at radius 1 is 0.750 bits per heavy atom. The summed E-state index contributed by atoms with van der Waals surface area (Å²) in [6.45, 7) is 2.13. The standard InChI is InChI=1S/C7H11N3S.8F2.FH/c1-10-3-2-5-6(4-10)11-7(8)9-5;8*1-2;/h2-4H2,1H3,(H2,8,9);;;;;;;;;1H. The predicted molar refractivity (Wildman–Crippen MR) is 66.8 cm³/mol. The lowest BCUT2D eigenvalue weighted by Crippen LogP contribution is -2.25. The van der Waals surface area contributed by atoms with Gasteiger partial charge in [-0.1, -0.05) is 0 Å². The van der Waals surface area contributed by atoms with E-state index in [1.54, 1.807) is 11.3 Å². The third kappa shape index (κ3) is 35.3. The van der Waals surface area contributed by atoms with Crippen molar-refractivity contribution in [3.05, 3.63) is 10.6 Å². The van der Waals surface area contributed by atoms with Gasteiger partial charge in [0.05, 0.1) is 5.69 Å². The summed E-state index contributed by atoms with van der Waals surface area (Å²) in [6, 6.07) is 0. The average Bonchev–Trinajstić information content (AvgIpc) is 3.18. The molecule has 28 heavy (non-hydrogen) atoms. The summed E-state index contributed by atoms with van der Waals surface area (Å²) in [5.41, 5.74) is 6.81. The second-order valence-electron chi connectivity index (χ2n) is 2.91. The Hall–Kier alpha value is -1.80. The molecule has 1 aromatic rings. The molecule has 0 atom stereocenters. The zero-order valence-corrected chi connectivity index (χ0v) is 13.8. The van der Waals surface area contributed by atoms with E-state index in [9.17, 15) is 0 Å². The molecule has 2 N–H and O–H groups in total. The highest BCUT2D eigenvalue weighted by Crippen LogP contribution is 2.25. The first-order valence-corrected chi connectivity index (χ1v) is 5.64. The molecular weight excluding hydrogens is 481 g/mol. The van der Waals surface area contributed by atoms with Crippen LogP contribution in [0.2, 0.25) is 0 Å². The normalized spacial score (nSPS) is 8.89. The van der Waals surface area contributed by atoms with E-state index in [1.807, 2.05) is 0 Å². The van der Waals surface area contributed by atoms with E-state index in [0.29, 0.717) is 5.13 Å². The van der Waals surface area contributed by atoms with E-state index in [2.05, 4.69) is 16.9 Å². The van der Waals surface area contributed by atoms with Crippen molar-refractivity contribution in [2.24, 2.45) is 0 Å². The fourth-order valence-corrected chi connectivity index (χ4v) is 2.30. The molecule has 2 heterocycles. The summed E-state index contributed by atoms with van der Waals surface area (Å²) in [5.74, 6) is 0. The van der Waals surface area contributed by atoms with Gasteiger partial charge < -0.3 is 10.6 Å². The SMILES string of the molecule is CN1CCc2nc(N)sc2C1.F.FF.FF.FF.FF.FF.FF.FF.FF. The van der Waals surface area contributed by atoms with Crippen LogP contribution in [0.4, 0.5) is 83.0 Å². The summed E-state index contributed by atoms with van der Waals surface area (Å²) < 4.78 is 128. The van der Waals surface area contributed by atoms with Crippen molar-refractivity contribution in [3.8, 4) is 0 Å². The lowest BCUT2D eigenvalue weighted by molar-refractivity contribution is 0.108. The predicted octanol–water partition coefficient (Wildman–Crippen LogP) is 7.59. The molecule has 0 spiro atoms. The number of thiazole rings is 1. The number of nitrogen functional groups attached to an aromatic ring is 1. The minimum absolute atomic E-state index is 0. The summed E-state index contributed by atoms with van der Waals surface area (Å²) in [6.07, 6.45) is 1.06. The average molecular weight is 493 g/mol. The monoisotopic (exact) mass is 493 g/mol. The molecule has 2 rings (SSSR count). The van der Waals surface area contributed by atoms with Crippen LogP contribution in [-0.2, 0) is 13.0 Å². The molecule has 21 heteroatoms. The Balaban J connectivity index is -0.0000000338. The highest BCUT2D eigenvalue weighted by atomic mass is 32.1. The molecule has 0 amide bonds. The molecule has 1 aromatic heterocycles. The molecule has 0 bridgehead atoms. The van der Waals surface area contributed by atoms with Crippen LogP contribution < -0.4 is 5.73 Å². The van der Waals surface area contributed by atoms with E-state index in [-0.39, 0.29) is 4.70 Å².